The maximum absolute atomic E-state index is 13.1. The first kappa shape index (κ1) is 14.9. The largest absolute Gasteiger partial charge is 0.464 e. The van der Waals surface area contributed by atoms with Crippen LogP contribution in [0.5, 0.6) is 0 Å². The van der Waals surface area contributed by atoms with Crippen LogP contribution >= 0.6 is 0 Å². The predicted molar refractivity (Wildman–Crippen MR) is 87.3 cm³/mol. The summed E-state index contributed by atoms with van der Waals surface area (Å²) < 4.78 is 10.7. The van der Waals surface area contributed by atoms with Crippen molar-refractivity contribution in [3.63, 3.8) is 0 Å². The van der Waals surface area contributed by atoms with E-state index in [1.165, 1.54) is 0 Å². The molecule has 122 valence electrons. The monoisotopic (exact) mass is 323 g/mol. The number of esters is 1. The van der Waals surface area contributed by atoms with Crippen LogP contribution in [0.15, 0.2) is 54.6 Å². The summed E-state index contributed by atoms with van der Waals surface area (Å²) in [5.41, 5.74) is 1.34. The molecule has 2 aromatic carbocycles. The SMILES string of the molecule is CCOC(=O)[C@@H]1O[C@@]12C(=O)N(Cc1ccccc1)c1ccccc12. The highest BCUT2D eigenvalue weighted by molar-refractivity contribution is 6.12. The van der Waals surface area contributed by atoms with Crippen LogP contribution in [0.25, 0.3) is 0 Å². The molecule has 1 saturated heterocycles. The smallest absolute Gasteiger partial charge is 0.339 e. The van der Waals surface area contributed by atoms with Crippen LogP contribution in [-0.2, 0) is 31.2 Å². The molecule has 2 aliphatic heterocycles. The van der Waals surface area contributed by atoms with Crippen molar-refractivity contribution in [3.8, 4) is 0 Å². The fraction of sp³-hybridized carbons (Fsp3) is 0.263. The third kappa shape index (κ3) is 2.05. The number of epoxide rings is 1. The molecule has 0 bridgehead atoms. The first-order valence-corrected chi connectivity index (χ1v) is 7.98. The van der Waals surface area contributed by atoms with E-state index in [4.69, 9.17) is 9.47 Å². The molecule has 0 radical (unpaired) electrons. The quantitative estimate of drug-likeness (QED) is 0.640. The Morgan fingerprint density at radius 3 is 2.62 bits per heavy atom. The Bertz CT molecular complexity index is 804. The minimum atomic E-state index is -1.21. The van der Waals surface area contributed by atoms with E-state index in [1.807, 2.05) is 54.6 Å². The van der Waals surface area contributed by atoms with E-state index >= 15 is 0 Å². The molecule has 4 rings (SSSR count). The summed E-state index contributed by atoms with van der Waals surface area (Å²) in [5.74, 6) is -0.687. The summed E-state index contributed by atoms with van der Waals surface area (Å²) in [5, 5.41) is 0. The molecule has 5 heteroatoms. The number of hydrogen-bond acceptors (Lipinski definition) is 4. The zero-order valence-corrected chi connectivity index (χ0v) is 13.3. The number of anilines is 1. The van der Waals surface area contributed by atoms with Crippen LogP contribution in [0.1, 0.15) is 18.1 Å². The Morgan fingerprint density at radius 1 is 1.17 bits per heavy atom. The topological polar surface area (TPSA) is 59.1 Å². The van der Waals surface area contributed by atoms with E-state index in [0.29, 0.717) is 6.54 Å². The lowest BCUT2D eigenvalue weighted by Crippen LogP contribution is -2.35. The number of para-hydroxylation sites is 1. The Balaban J connectivity index is 1.70. The number of fused-ring (bicyclic) bond motifs is 2. The maximum Gasteiger partial charge on any atom is 0.339 e. The van der Waals surface area contributed by atoms with Crippen LogP contribution in [0, 0.1) is 0 Å². The molecule has 0 unspecified atom stereocenters. The molecule has 1 spiro atoms. The number of ether oxygens (including phenoxy) is 2. The van der Waals surface area contributed by atoms with E-state index in [-0.39, 0.29) is 12.5 Å². The van der Waals surface area contributed by atoms with Gasteiger partial charge in [-0.05, 0) is 18.6 Å². The molecule has 24 heavy (non-hydrogen) atoms. The van der Waals surface area contributed by atoms with Gasteiger partial charge in [0.1, 0.15) is 0 Å². The lowest BCUT2D eigenvalue weighted by atomic mass is 9.97. The van der Waals surface area contributed by atoms with Gasteiger partial charge in [0, 0.05) is 5.56 Å². The van der Waals surface area contributed by atoms with Gasteiger partial charge in [0.25, 0.3) is 5.91 Å². The van der Waals surface area contributed by atoms with E-state index in [2.05, 4.69) is 0 Å². The highest BCUT2D eigenvalue weighted by Gasteiger charge is 2.73. The van der Waals surface area contributed by atoms with E-state index in [9.17, 15) is 9.59 Å². The van der Waals surface area contributed by atoms with Gasteiger partial charge in [-0.15, -0.1) is 0 Å². The van der Waals surface area contributed by atoms with Crippen molar-refractivity contribution in [1.29, 1.82) is 0 Å². The number of benzene rings is 2. The molecule has 5 nitrogen and oxygen atoms in total. The van der Waals surface area contributed by atoms with Gasteiger partial charge in [-0.3, -0.25) is 4.79 Å². The van der Waals surface area contributed by atoms with Gasteiger partial charge in [0.05, 0.1) is 18.8 Å². The summed E-state index contributed by atoms with van der Waals surface area (Å²) >= 11 is 0. The first-order valence-electron chi connectivity index (χ1n) is 7.98. The first-order chi connectivity index (χ1) is 11.7. The molecule has 1 amide bonds. The van der Waals surface area contributed by atoms with Gasteiger partial charge < -0.3 is 14.4 Å². The van der Waals surface area contributed by atoms with Gasteiger partial charge in [-0.2, -0.15) is 0 Å². The summed E-state index contributed by atoms with van der Waals surface area (Å²) in [6, 6.07) is 17.2. The highest BCUT2D eigenvalue weighted by atomic mass is 16.7. The van der Waals surface area contributed by atoms with Gasteiger partial charge in [0.2, 0.25) is 5.60 Å². The third-order valence-corrected chi connectivity index (χ3v) is 4.46. The Hall–Kier alpha value is -2.66. The van der Waals surface area contributed by atoms with Gasteiger partial charge >= 0.3 is 5.97 Å². The van der Waals surface area contributed by atoms with Crippen molar-refractivity contribution in [2.45, 2.75) is 25.2 Å². The Kier molecular flexibility index (Phi) is 3.39. The van der Waals surface area contributed by atoms with Crippen LogP contribution < -0.4 is 4.90 Å². The standard InChI is InChI=1S/C19H17NO4/c1-2-23-17(21)16-19(24-16)14-10-6-7-11-15(14)20(18(19)22)12-13-8-4-3-5-9-13/h3-11,16H,2,12H2,1H3/t16-,19+/m0/s1. The lowest BCUT2D eigenvalue weighted by Gasteiger charge is -2.17. The molecule has 0 saturated carbocycles. The van der Waals surface area contributed by atoms with Crippen LogP contribution in [0.3, 0.4) is 0 Å². The Labute approximate surface area is 139 Å². The van der Waals surface area contributed by atoms with Gasteiger partial charge in [-0.1, -0.05) is 48.5 Å². The number of amides is 1. The number of carbonyl (C=O) groups is 2. The van der Waals surface area contributed by atoms with Crippen LogP contribution in [0.4, 0.5) is 5.69 Å². The summed E-state index contributed by atoms with van der Waals surface area (Å²) in [7, 11) is 0. The second-order valence-electron chi connectivity index (χ2n) is 5.88. The number of carbonyl (C=O) groups excluding carboxylic acids is 2. The molecular formula is C19H17NO4. The van der Waals surface area contributed by atoms with E-state index in [0.717, 1.165) is 16.8 Å². The summed E-state index contributed by atoms with van der Waals surface area (Å²) in [4.78, 5) is 26.8. The van der Waals surface area contributed by atoms with Crippen molar-refractivity contribution in [3.05, 3.63) is 65.7 Å². The van der Waals surface area contributed by atoms with Crippen molar-refractivity contribution in [2.75, 3.05) is 11.5 Å². The van der Waals surface area contributed by atoms with Crippen molar-refractivity contribution < 1.29 is 19.1 Å². The fourth-order valence-electron chi connectivity index (χ4n) is 3.32. The van der Waals surface area contributed by atoms with Crippen molar-refractivity contribution >= 4 is 17.6 Å². The van der Waals surface area contributed by atoms with Crippen LogP contribution in [-0.4, -0.2) is 24.6 Å². The normalized spacial score (nSPS) is 24.1. The zero-order chi connectivity index (χ0) is 16.7. The molecule has 1 fully saturated rings. The average molecular weight is 323 g/mol. The van der Waals surface area contributed by atoms with Gasteiger partial charge in [0.15, 0.2) is 6.10 Å². The second kappa shape index (κ2) is 5.46. The average Bonchev–Trinajstić information content (AvgIpc) is 3.32. The number of hydrogen-bond donors (Lipinski definition) is 0. The highest BCUT2D eigenvalue weighted by Crippen LogP contribution is 2.56. The molecule has 0 aromatic heterocycles. The van der Waals surface area contributed by atoms with E-state index in [1.54, 1.807) is 11.8 Å². The minimum absolute atomic E-state index is 0.203. The molecule has 2 heterocycles. The predicted octanol–water partition coefficient (Wildman–Crippen LogP) is 2.39. The van der Waals surface area contributed by atoms with Crippen molar-refractivity contribution in [2.24, 2.45) is 0 Å². The second-order valence-corrected chi connectivity index (χ2v) is 5.88. The number of rotatable bonds is 4. The molecule has 2 atom stereocenters. The molecule has 0 aliphatic carbocycles. The summed E-state index contributed by atoms with van der Waals surface area (Å²) in [6.07, 6.45) is -0.855. The van der Waals surface area contributed by atoms with Crippen molar-refractivity contribution in [1.82, 2.24) is 0 Å². The maximum atomic E-state index is 13.1. The summed E-state index contributed by atoms with van der Waals surface area (Å²) in [6.45, 7) is 2.44. The third-order valence-electron chi connectivity index (χ3n) is 4.46. The van der Waals surface area contributed by atoms with Gasteiger partial charge in [-0.25, -0.2) is 4.79 Å². The Morgan fingerprint density at radius 2 is 1.88 bits per heavy atom. The molecule has 2 aromatic rings. The molecular weight excluding hydrogens is 306 g/mol. The fourth-order valence-corrected chi connectivity index (χ4v) is 3.32. The molecule has 2 aliphatic rings. The molecule has 0 N–H and O–H groups in total. The van der Waals surface area contributed by atoms with E-state index < -0.39 is 17.7 Å². The zero-order valence-electron chi connectivity index (χ0n) is 13.3. The lowest BCUT2D eigenvalue weighted by molar-refractivity contribution is -0.144. The minimum Gasteiger partial charge on any atom is -0.464 e. The van der Waals surface area contributed by atoms with Crippen LogP contribution in [0.2, 0.25) is 0 Å². The number of nitrogens with zero attached hydrogens (tertiary/aromatic N) is 1.